The summed E-state index contributed by atoms with van der Waals surface area (Å²) >= 11 is 2.01. The SMILES string of the molecule is Cc1ccccc1SC1CCC(CCC(=O)Cn2nc(C(=O)N3CC[C@H](O)[C@H](F)C3)c3c2C[C@H]2[C@@H](C)[C@@H]32)CC1. The Balaban J connectivity index is 1.04. The molecule has 3 fully saturated rings. The van der Waals surface area contributed by atoms with Crippen LogP contribution in [0.15, 0.2) is 29.2 Å². The number of alkyl halides is 1. The molecule has 1 aromatic carbocycles. The molecule has 1 amide bonds. The molecule has 1 N–H and O–H groups in total. The standard InChI is InChI=1S/C31H40FN3O3S/c1-18-5-3-4-6-27(18)39-22-11-8-20(9-12-22)7-10-21(36)16-35-25-15-23-19(2)28(23)29(25)30(33-35)31(38)34-14-13-26(37)24(32)17-34/h3-6,19-20,22-24,26,28,37H,7-17H2,1-2H3/t19-,20?,22?,23+,24-,26+,28-/m1/s1. The topological polar surface area (TPSA) is 75.4 Å². The number of Topliss-reactive ketones (excluding diaryl/α,β-unsaturated/α-hetero) is 1. The number of carbonyl (C=O) groups excluding carboxylic acids is 2. The van der Waals surface area contributed by atoms with E-state index in [4.69, 9.17) is 0 Å². The Morgan fingerprint density at radius 2 is 1.92 bits per heavy atom. The van der Waals surface area contributed by atoms with E-state index in [2.05, 4.69) is 43.2 Å². The first kappa shape index (κ1) is 27.0. The van der Waals surface area contributed by atoms with Crippen molar-refractivity contribution in [3.63, 3.8) is 0 Å². The van der Waals surface area contributed by atoms with E-state index in [-0.39, 0.29) is 31.2 Å². The number of thioether (sulfide) groups is 1. The van der Waals surface area contributed by atoms with Crippen molar-refractivity contribution in [2.24, 2.45) is 17.8 Å². The fourth-order valence-electron chi connectivity index (χ4n) is 7.17. The summed E-state index contributed by atoms with van der Waals surface area (Å²) in [6.45, 7) is 4.83. The average molecular weight is 554 g/mol. The molecule has 0 radical (unpaired) electrons. The maximum Gasteiger partial charge on any atom is 0.274 e. The fraction of sp³-hybridized carbons (Fsp3) is 0.645. The van der Waals surface area contributed by atoms with Gasteiger partial charge in [0.15, 0.2) is 11.5 Å². The van der Waals surface area contributed by atoms with Gasteiger partial charge in [-0.1, -0.05) is 25.1 Å². The number of benzene rings is 1. The van der Waals surface area contributed by atoms with Gasteiger partial charge in [0.1, 0.15) is 6.17 Å². The van der Waals surface area contributed by atoms with Crippen LogP contribution in [0.5, 0.6) is 0 Å². The number of amides is 1. The predicted octanol–water partition coefficient (Wildman–Crippen LogP) is 5.34. The van der Waals surface area contributed by atoms with Gasteiger partial charge in [-0.3, -0.25) is 14.3 Å². The highest BCUT2D eigenvalue weighted by molar-refractivity contribution is 8.00. The molecular formula is C31H40FN3O3S. The van der Waals surface area contributed by atoms with Crippen molar-refractivity contribution in [3.05, 3.63) is 46.8 Å². The molecule has 0 bridgehead atoms. The van der Waals surface area contributed by atoms with E-state index in [1.54, 1.807) is 4.68 Å². The lowest BCUT2D eigenvalue weighted by Crippen LogP contribution is -2.47. The number of hydrogen-bond acceptors (Lipinski definition) is 5. The number of likely N-dealkylation sites (tertiary alicyclic amines) is 1. The maximum atomic E-state index is 14.2. The van der Waals surface area contributed by atoms with E-state index in [1.165, 1.54) is 41.0 Å². The average Bonchev–Trinajstić information content (AvgIpc) is 3.23. The molecule has 2 heterocycles. The number of carbonyl (C=O) groups is 2. The second kappa shape index (κ2) is 11.0. The molecule has 0 spiro atoms. The van der Waals surface area contributed by atoms with E-state index in [1.807, 2.05) is 11.8 Å². The van der Waals surface area contributed by atoms with Crippen molar-refractivity contribution in [3.8, 4) is 0 Å². The quantitative estimate of drug-likeness (QED) is 0.478. The number of fused-ring (bicyclic) bond motifs is 3. The smallest absolute Gasteiger partial charge is 0.274 e. The monoisotopic (exact) mass is 553 g/mol. The van der Waals surface area contributed by atoms with Gasteiger partial charge in [0, 0.05) is 34.4 Å². The second-order valence-electron chi connectivity index (χ2n) is 12.3. The molecule has 4 aliphatic rings. The van der Waals surface area contributed by atoms with Crippen LogP contribution < -0.4 is 0 Å². The molecule has 3 aliphatic carbocycles. The van der Waals surface area contributed by atoms with Crippen LogP contribution in [0.1, 0.15) is 85.1 Å². The van der Waals surface area contributed by atoms with Crippen LogP contribution >= 0.6 is 11.8 Å². The minimum Gasteiger partial charge on any atom is -0.390 e. The fourth-order valence-corrected chi connectivity index (χ4v) is 8.45. The molecule has 1 aromatic heterocycles. The van der Waals surface area contributed by atoms with E-state index in [9.17, 15) is 19.1 Å². The zero-order valence-electron chi connectivity index (χ0n) is 23.0. The van der Waals surface area contributed by atoms with Crippen LogP contribution in [0.3, 0.4) is 0 Å². The van der Waals surface area contributed by atoms with Gasteiger partial charge in [-0.2, -0.15) is 5.10 Å². The largest absolute Gasteiger partial charge is 0.390 e. The normalized spacial score (nSPS) is 31.6. The molecule has 1 aliphatic heterocycles. The van der Waals surface area contributed by atoms with Gasteiger partial charge in [0.25, 0.3) is 5.91 Å². The van der Waals surface area contributed by atoms with Gasteiger partial charge in [0.05, 0.1) is 19.2 Å². The van der Waals surface area contributed by atoms with Crippen molar-refractivity contribution >= 4 is 23.5 Å². The first-order valence-corrected chi connectivity index (χ1v) is 15.6. The summed E-state index contributed by atoms with van der Waals surface area (Å²) in [5.74, 6) is 1.89. The Morgan fingerprint density at radius 1 is 1.15 bits per heavy atom. The Morgan fingerprint density at radius 3 is 2.67 bits per heavy atom. The summed E-state index contributed by atoms with van der Waals surface area (Å²) in [5.41, 5.74) is 3.78. The summed E-state index contributed by atoms with van der Waals surface area (Å²) in [6.07, 6.45) is 4.88. The van der Waals surface area contributed by atoms with Gasteiger partial charge in [-0.15, -0.1) is 11.8 Å². The lowest BCUT2D eigenvalue weighted by atomic mass is 9.85. The predicted molar refractivity (Wildman–Crippen MR) is 150 cm³/mol. The van der Waals surface area contributed by atoms with E-state index >= 15 is 0 Å². The molecule has 6 rings (SSSR count). The van der Waals surface area contributed by atoms with Gasteiger partial charge in [0.2, 0.25) is 0 Å². The minimum atomic E-state index is -1.43. The van der Waals surface area contributed by atoms with Crippen molar-refractivity contribution in [1.82, 2.24) is 14.7 Å². The number of halogens is 1. The molecule has 210 valence electrons. The molecule has 8 heteroatoms. The highest BCUT2D eigenvalue weighted by Gasteiger charge is 2.56. The summed E-state index contributed by atoms with van der Waals surface area (Å²) in [6, 6.07) is 8.60. The van der Waals surface area contributed by atoms with E-state index < -0.39 is 12.3 Å². The van der Waals surface area contributed by atoms with Crippen LogP contribution in [0.4, 0.5) is 4.39 Å². The van der Waals surface area contributed by atoms with Gasteiger partial charge < -0.3 is 10.0 Å². The Kier molecular flexibility index (Phi) is 7.62. The molecule has 2 aromatic rings. The summed E-state index contributed by atoms with van der Waals surface area (Å²) in [4.78, 5) is 29.3. The summed E-state index contributed by atoms with van der Waals surface area (Å²) in [7, 11) is 0. The van der Waals surface area contributed by atoms with Crippen molar-refractivity contribution < 1.29 is 19.1 Å². The second-order valence-corrected chi connectivity index (χ2v) is 13.7. The summed E-state index contributed by atoms with van der Waals surface area (Å²) in [5, 5.41) is 15.1. The molecule has 5 atom stereocenters. The van der Waals surface area contributed by atoms with Crippen LogP contribution in [-0.4, -0.2) is 62.1 Å². The number of aliphatic hydroxyl groups excluding tert-OH is 1. The molecule has 2 saturated carbocycles. The maximum absolute atomic E-state index is 14.2. The molecule has 39 heavy (non-hydrogen) atoms. The number of rotatable bonds is 8. The van der Waals surface area contributed by atoms with Crippen LogP contribution in [0.25, 0.3) is 0 Å². The Bertz CT molecular complexity index is 1240. The third kappa shape index (κ3) is 5.43. The minimum absolute atomic E-state index is 0.101. The first-order valence-electron chi connectivity index (χ1n) is 14.7. The highest BCUT2D eigenvalue weighted by Crippen LogP contribution is 2.62. The molecular weight excluding hydrogens is 513 g/mol. The summed E-state index contributed by atoms with van der Waals surface area (Å²) < 4.78 is 15.9. The number of aryl methyl sites for hydroxylation is 1. The Hall–Kier alpha value is -2.19. The number of aromatic nitrogens is 2. The zero-order chi connectivity index (χ0) is 27.3. The van der Waals surface area contributed by atoms with Crippen molar-refractivity contribution in [2.45, 2.75) is 100 Å². The van der Waals surface area contributed by atoms with Crippen LogP contribution in [0.2, 0.25) is 0 Å². The molecule has 1 saturated heterocycles. The van der Waals surface area contributed by atoms with Crippen molar-refractivity contribution in [1.29, 1.82) is 0 Å². The van der Waals surface area contributed by atoms with Gasteiger partial charge >= 0.3 is 0 Å². The third-order valence-corrected chi connectivity index (χ3v) is 11.3. The molecule has 0 unspecified atom stereocenters. The van der Waals surface area contributed by atoms with Crippen LogP contribution in [0, 0.1) is 24.7 Å². The third-order valence-electron chi connectivity index (χ3n) is 9.76. The van der Waals surface area contributed by atoms with E-state index in [0.717, 1.165) is 24.1 Å². The van der Waals surface area contributed by atoms with Gasteiger partial charge in [-0.25, -0.2) is 4.39 Å². The van der Waals surface area contributed by atoms with Crippen LogP contribution in [-0.2, 0) is 17.8 Å². The first-order chi connectivity index (χ1) is 18.8. The number of hydrogen-bond donors (Lipinski definition) is 1. The van der Waals surface area contributed by atoms with E-state index in [0.29, 0.717) is 47.6 Å². The molecule has 6 nitrogen and oxygen atoms in total. The highest BCUT2D eigenvalue weighted by atomic mass is 32.2. The lowest BCUT2D eigenvalue weighted by Gasteiger charge is -2.31. The lowest BCUT2D eigenvalue weighted by molar-refractivity contribution is -0.120. The van der Waals surface area contributed by atoms with Crippen molar-refractivity contribution in [2.75, 3.05) is 13.1 Å². The number of piperidine rings is 1. The number of ketones is 1. The Labute approximate surface area is 234 Å². The van der Waals surface area contributed by atoms with Gasteiger partial charge in [-0.05, 0) is 87.2 Å². The zero-order valence-corrected chi connectivity index (χ0v) is 23.8. The number of nitrogens with zero attached hydrogens (tertiary/aromatic N) is 3. The number of aliphatic hydroxyl groups is 1.